The second-order valence-electron chi connectivity index (χ2n) is 4.62. The number of fused-ring (bicyclic) bond motifs is 1. The number of rotatable bonds is 1. The summed E-state index contributed by atoms with van der Waals surface area (Å²) in [6.07, 6.45) is 1.88. The van der Waals surface area contributed by atoms with E-state index in [0.29, 0.717) is 11.6 Å². The molecule has 0 radical (unpaired) electrons. The summed E-state index contributed by atoms with van der Waals surface area (Å²) < 4.78 is 0. The highest BCUT2D eigenvalue weighted by atomic mass is 15.2. The first-order valence-electron chi connectivity index (χ1n) is 5.63. The maximum Gasteiger partial charge on any atom is 0.101 e. The molecule has 0 saturated carbocycles. The van der Waals surface area contributed by atoms with Gasteiger partial charge in [0.15, 0.2) is 0 Å². The molecule has 2 aliphatic heterocycles. The summed E-state index contributed by atoms with van der Waals surface area (Å²) in [5, 5.41) is 12.4. The summed E-state index contributed by atoms with van der Waals surface area (Å²) in [7, 11) is 0. The third-order valence-electron chi connectivity index (χ3n) is 3.64. The van der Waals surface area contributed by atoms with Gasteiger partial charge in [-0.3, -0.25) is 4.98 Å². The van der Waals surface area contributed by atoms with Gasteiger partial charge in [0, 0.05) is 31.6 Å². The van der Waals surface area contributed by atoms with Crippen LogP contribution in [0.25, 0.3) is 0 Å². The number of aryl methyl sites for hydroxylation is 1. The molecular weight excluding hydrogens is 200 g/mol. The Balaban J connectivity index is 1.87. The SMILES string of the molecule is Cc1ncc(N2C[C@@H]3CN[C@@H]3C2)cc1C#N. The van der Waals surface area contributed by atoms with E-state index in [1.54, 1.807) is 0 Å². The normalized spacial score (nSPS) is 27.1. The van der Waals surface area contributed by atoms with E-state index in [9.17, 15) is 0 Å². The Labute approximate surface area is 94.9 Å². The fourth-order valence-corrected chi connectivity index (χ4v) is 2.47. The van der Waals surface area contributed by atoms with Crippen LogP contribution >= 0.6 is 0 Å². The van der Waals surface area contributed by atoms with Crippen LogP contribution in [0.15, 0.2) is 12.3 Å². The van der Waals surface area contributed by atoms with Crippen molar-refractivity contribution in [1.29, 1.82) is 5.26 Å². The van der Waals surface area contributed by atoms with Gasteiger partial charge in [0.2, 0.25) is 0 Å². The highest BCUT2D eigenvalue weighted by molar-refractivity contribution is 5.52. The fourth-order valence-electron chi connectivity index (χ4n) is 2.47. The smallest absolute Gasteiger partial charge is 0.101 e. The van der Waals surface area contributed by atoms with Crippen molar-refractivity contribution in [2.45, 2.75) is 13.0 Å². The van der Waals surface area contributed by atoms with E-state index in [1.807, 2.05) is 19.2 Å². The topological polar surface area (TPSA) is 52.0 Å². The third kappa shape index (κ3) is 1.36. The van der Waals surface area contributed by atoms with E-state index in [0.717, 1.165) is 36.9 Å². The van der Waals surface area contributed by atoms with Crippen molar-refractivity contribution in [2.75, 3.05) is 24.5 Å². The zero-order valence-electron chi connectivity index (χ0n) is 9.27. The Morgan fingerprint density at radius 1 is 1.56 bits per heavy atom. The summed E-state index contributed by atoms with van der Waals surface area (Å²) in [4.78, 5) is 6.60. The summed E-state index contributed by atoms with van der Waals surface area (Å²) >= 11 is 0. The standard InChI is InChI=1S/C12H14N4/c1-8-9(3-13)2-11(5-14-8)16-6-10-4-15-12(10)7-16/h2,5,10,12,15H,4,6-7H2,1H3/t10-,12+/m0/s1. The van der Waals surface area contributed by atoms with Gasteiger partial charge in [0.05, 0.1) is 23.1 Å². The Morgan fingerprint density at radius 3 is 3.00 bits per heavy atom. The first-order chi connectivity index (χ1) is 7.78. The quantitative estimate of drug-likeness (QED) is 0.746. The highest BCUT2D eigenvalue weighted by Crippen LogP contribution is 2.28. The van der Waals surface area contributed by atoms with Crippen LogP contribution < -0.4 is 10.2 Å². The van der Waals surface area contributed by atoms with Crippen LogP contribution in [-0.2, 0) is 0 Å². The molecule has 0 aliphatic carbocycles. The van der Waals surface area contributed by atoms with Crippen LogP contribution in [0.3, 0.4) is 0 Å². The minimum Gasteiger partial charge on any atom is -0.368 e. The molecule has 1 aromatic heterocycles. The first-order valence-corrected chi connectivity index (χ1v) is 5.63. The van der Waals surface area contributed by atoms with E-state index in [-0.39, 0.29) is 0 Å². The number of nitriles is 1. The molecule has 3 rings (SSSR count). The van der Waals surface area contributed by atoms with Gasteiger partial charge in [-0.15, -0.1) is 0 Å². The predicted octanol–water partition coefficient (Wildman–Crippen LogP) is 0.670. The second kappa shape index (κ2) is 3.46. The molecule has 0 bridgehead atoms. The molecule has 2 atom stereocenters. The lowest BCUT2D eigenvalue weighted by molar-refractivity contribution is 0.297. The number of aromatic nitrogens is 1. The molecule has 0 amide bonds. The molecule has 0 aromatic carbocycles. The van der Waals surface area contributed by atoms with Gasteiger partial charge in [-0.1, -0.05) is 0 Å². The van der Waals surface area contributed by atoms with Crippen LogP contribution in [-0.4, -0.2) is 30.7 Å². The lowest BCUT2D eigenvalue weighted by atomic mass is 9.96. The monoisotopic (exact) mass is 214 g/mol. The van der Waals surface area contributed by atoms with Crippen molar-refractivity contribution in [3.63, 3.8) is 0 Å². The number of anilines is 1. The van der Waals surface area contributed by atoms with Crippen LogP contribution in [0.2, 0.25) is 0 Å². The van der Waals surface area contributed by atoms with Crippen LogP contribution in [0.1, 0.15) is 11.3 Å². The van der Waals surface area contributed by atoms with Crippen molar-refractivity contribution in [3.05, 3.63) is 23.5 Å². The second-order valence-corrected chi connectivity index (χ2v) is 4.62. The van der Waals surface area contributed by atoms with Crippen molar-refractivity contribution >= 4 is 5.69 Å². The Kier molecular flexibility index (Phi) is 2.08. The third-order valence-corrected chi connectivity index (χ3v) is 3.64. The molecule has 3 heterocycles. The number of pyridine rings is 1. The van der Waals surface area contributed by atoms with Gasteiger partial charge in [0.25, 0.3) is 0 Å². The lowest BCUT2D eigenvalue weighted by Crippen LogP contribution is -2.51. The zero-order chi connectivity index (χ0) is 11.1. The average Bonchev–Trinajstić information content (AvgIpc) is 2.56. The molecule has 4 heteroatoms. The Bertz CT molecular complexity index is 451. The van der Waals surface area contributed by atoms with Gasteiger partial charge in [-0.2, -0.15) is 5.26 Å². The van der Waals surface area contributed by atoms with Gasteiger partial charge in [-0.05, 0) is 13.0 Å². The summed E-state index contributed by atoms with van der Waals surface area (Å²) in [6, 6.07) is 4.79. The number of nitrogens with one attached hydrogen (secondary N) is 1. The summed E-state index contributed by atoms with van der Waals surface area (Å²) in [5.74, 6) is 0.784. The van der Waals surface area contributed by atoms with Gasteiger partial charge in [0.1, 0.15) is 6.07 Å². The van der Waals surface area contributed by atoms with Crippen molar-refractivity contribution in [3.8, 4) is 6.07 Å². The minimum atomic E-state index is 0.645. The number of hydrogen-bond acceptors (Lipinski definition) is 4. The molecule has 1 aromatic rings. The predicted molar refractivity (Wildman–Crippen MR) is 61.2 cm³/mol. The van der Waals surface area contributed by atoms with Gasteiger partial charge >= 0.3 is 0 Å². The summed E-state index contributed by atoms with van der Waals surface area (Å²) in [5.41, 5.74) is 2.58. The van der Waals surface area contributed by atoms with Gasteiger partial charge in [-0.25, -0.2) is 0 Å². The van der Waals surface area contributed by atoms with Crippen LogP contribution in [0.5, 0.6) is 0 Å². The van der Waals surface area contributed by atoms with Gasteiger partial charge < -0.3 is 10.2 Å². The van der Waals surface area contributed by atoms with Crippen molar-refractivity contribution in [2.24, 2.45) is 5.92 Å². The molecule has 1 N–H and O–H groups in total. The van der Waals surface area contributed by atoms with E-state index in [2.05, 4.69) is 21.3 Å². The number of hydrogen-bond donors (Lipinski definition) is 1. The van der Waals surface area contributed by atoms with Crippen LogP contribution in [0, 0.1) is 24.2 Å². The molecule has 2 saturated heterocycles. The first kappa shape index (κ1) is 9.61. The van der Waals surface area contributed by atoms with E-state index in [1.165, 1.54) is 0 Å². The molecule has 0 unspecified atom stereocenters. The summed E-state index contributed by atoms with van der Waals surface area (Å²) in [6.45, 7) is 5.14. The maximum absolute atomic E-state index is 8.98. The molecule has 82 valence electrons. The highest BCUT2D eigenvalue weighted by Gasteiger charge is 2.39. The largest absolute Gasteiger partial charge is 0.368 e. The molecule has 4 nitrogen and oxygen atoms in total. The fraction of sp³-hybridized carbons (Fsp3) is 0.500. The molecule has 16 heavy (non-hydrogen) atoms. The molecule has 2 aliphatic rings. The average molecular weight is 214 g/mol. The van der Waals surface area contributed by atoms with E-state index >= 15 is 0 Å². The van der Waals surface area contributed by atoms with E-state index < -0.39 is 0 Å². The van der Waals surface area contributed by atoms with Crippen LogP contribution in [0.4, 0.5) is 5.69 Å². The van der Waals surface area contributed by atoms with Crippen molar-refractivity contribution in [1.82, 2.24) is 10.3 Å². The van der Waals surface area contributed by atoms with Crippen molar-refractivity contribution < 1.29 is 0 Å². The molecule has 0 spiro atoms. The molecular formula is C12H14N4. The molecule has 2 fully saturated rings. The Morgan fingerprint density at radius 2 is 2.44 bits per heavy atom. The number of nitrogens with zero attached hydrogens (tertiary/aromatic N) is 3. The maximum atomic E-state index is 8.98. The lowest BCUT2D eigenvalue weighted by Gasteiger charge is -2.29. The zero-order valence-corrected chi connectivity index (χ0v) is 9.27. The van der Waals surface area contributed by atoms with E-state index in [4.69, 9.17) is 5.26 Å². The Hall–Kier alpha value is -1.60. The minimum absolute atomic E-state index is 0.645.